The van der Waals surface area contributed by atoms with Gasteiger partial charge in [0.2, 0.25) is 0 Å². The van der Waals surface area contributed by atoms with Crippen molar-refractivity contribution >= 4 is 18.4 Å². The normalized spacial score (nSPS) is 11.6. The second kappa shape index (κ2) is 4.88. The van der Waals surface area contributed by atoms with Gasteiger partial charge in [-0.3, -0.25) is 4.79 Å². The lowest BCUT2D eigenvalue weighted by molar-refractivity contribution is -0.138. The Balaban J connectivity index is 0.00000169. The van der Waals surface area contributed by atoms with Crippen molar-refractivity contribution in [1.29, 1.82) is 0 Å². The molecule has 0 unspecified atom stereocenters. The Morgan fingerprint density at radius 2 is 1.93 bits per heavy atom. The number of nitrogens with two attached hydrogens (primary N) is 1. The number of carbonyl (C=O) groups is 1. The number of aliphatic carboxylic acids is 1. The van der Waals surface area contributed by atoms with Gasteiger partial charge in [0.15, 0.2) is 11.6 Å². The molecule has 0 saturated heterocycles. The van der Waals surface area contributed by atoms with Gasteiger partial charge < -0.3 is 10.8 Å². The summed E-state index contributed by atoms with van der Waals surface area (Å²) in [6.45, 7) is 0. The van der Waals surface area contributed by atoms with Crippen molar-refractivity contribution in [3.63, 3.8) is 0 Å². The summed E-state index contributed by atoms with van der Waals surface area (Å²) < 4.78 is 25.0. The van der Waals surface area contributed by atoms with Gasteiger partial charge in [-0.2, -0.15) is 0 Å². The van der Waals surface area contributed by atoms with Gasteiger partial charge in [0.1, 0.15) is 6.04 Å². The van der Waals surface area contributed by atoms with Crippen LogP contribution < -0.4 is 5.73 Å². The van der Waals surface area contributed by atoms with E-state index in [1.165, 1.54) is 0 Å². The molecule has 0 amide bonds. The molecule has 0 bridgehead atoms. The molecule has 14 heavy (non-hydrogen) atoms. The largest absolute Gasteiger partial charge is 0.480 e. The second-order valence-electron chi connectivity index (χ2n) is 2.49. The first-order valence-electron chi connectivity index (χ1n) is 3.45. The topological polar surface area (TPSA) is 63.3 Å². The Morgan fingerprint density at radius 3 is 2.36 bits per heavy atom. The standard InChI is InChI=1S/C8H7F2NO2.ClH/c9-5-2-1-4(3-6(5)10)7(11)8(12)13;/h1-3,7H,11H2,(H,12,13);1H/t7-;/m0./s1. The molecule has 6 heteroatoms. The van der Waals surface area contributed by atoms with Crippen LogP contribution in [-0.2, 0) is 4.79 Å². The number of halogens is 3. The maximum absolute atomic E-state index is 12.6. The van der Waals surface area contributed by atoms with Crippen LogP contribution >= 0.6 is 12.4 Å². The Kier molecular flexibility index (Phi) is 4.46. The van der Waals surface area contributed by atoms with E-state index in [9.17, 15) is 13.6 Å². The highest BCUT2D eigenvalue weighted by Crippen LogP contribution is 2.14. The number of hydrogen-bond donors (Lipinski definition) is 2. The van der Waals surface area contributed by atoms with E-state index in [1.807, 2.05) is 0 Å². The second-order valence-corrected chi connectivity index (χ2v) is 2.49. The molecule has 0 aliphatic rings. The lowest BCUT2D eigenvalue weighted by Crippen LogP contribution is -2.20. The van der Waals surface area contributed by atoms with E-state index >= 15 is 0 Å². The highest BCUT2D eigenvalue weighted by atomic mass is 35.5. The molecule has 78 valence electrons. The van der Waals surface area contributed by atoms with Crippen molar-refractivity contribution in [2.45, 2.75) is 6.04 Å². The fourth-order valence-corrected chi connectivity index (χ4v) is 0.848. The first-order chi connectivity index (χ1) is 6.02. The molecule has 1 rings (SSSR count). The zero-order valence-electron chi connectivity index (χ0n) is 6.91. The number of rotatable bonds is 2. The minimum atomic E-state index is -1.32. The summed E-state index contributed by atoms with van der Waals surface area (Å²) in [6, 6.07) is 1.42. The van der Waals surface area contributed by atoms with Crippen molar-refractivity contribution in [2.75, 3.05) is 0 Å². The van der Waals surface area contributed by atoms with Crippen LogP contribution in [-0.4, -0.2) is 11.1 Å². The highest BCUT2D eigenvalue weighted by molar-refractivity contribution is 5.85. The van der Waals surface area contributed by atoms with E-state index in [2.05, 4.69) is 0 Å². The number of carboxylic acid groups (broad SMARTS) is 1. The molecule has 0 aliphatic heterocycles. The third-order valence-electron chi connectivity index (χ3n) is 1.57. The zero-order chi connectivity index (χ0) is 10.0. The Hall–Kier alpha value is -1.20. The monoisotopic (exact) mass is 223 g/mol. The van der Waals surface area contributed by atoms with E-state index in [1.54, 1.807) is 0 Å². The van der Waals surface area contributed by atoms with Crippen LogP contribution in [0, 0.1) is 11.6 Å². The van der Waals surface area contributed by atoms with Crippen molar-refractivity contribution in [1.82, 2.24) is 0 Å². The van der Waals surface area contributed by atoms with Gasteiger partial charge in [0.25, 0.3) is 0 Å². The Labute approximate surface area is 84.9 Å². The van der Waals surface area contributed by atoms with Crippen LogP contribution in [0.15, 0.2) is 18.2 Å². The van der Waals surface area contributed by atoms with Crippen LogP contribution in [0.25, 0.3) is 0 Å². The van der Waals surface area contributed by atoms with Crippen molar-refractivity contribution in [3.05, 3.63) is 35.4 Å². The van der Waals surface area contributed by atoms with Gasteiger partial charge in [-0.1, -0.05) is 6.07 Å². The van der Waals surface area contributed by atoms with Gasteiger partial charge in [-0.05, 0) is 17.7 Å². The molecule has 1 aromatic rings. The lowest BCUT2D eigenvalue weighted by atomic mass is 10.1. The van der Waals surface area contributed by atoms with Crippen molar-refractivity contribution in [3.8, 4) is 0 Å². The predicted octanol–water partition coefficient (Wildman–Crippen LogP) is 1.47. The minimum absolute atomic E-state index is 0. The number of carboxylic acids is 1. The summed E-state index contributed by atoms with van der Waals surface area (Å²) in [7, 11) is 0. The van der Waals surface area contributed by atoms with Gasteiger partial charge in [-0.15, -0.1) is 12.4 Å². The Morgan fingerprint density at radius 1 is 1.36 bits per heavy atom. The smallest absolute Gasteiger partial charge is 0.325 e. The SMILES string of the molecule is Cl.N[C@H](C(=O)O)c1ccc(F)c(F)c1. The minimum Gasteiger partial charge on any atom is -0.480 e. The molecule has 1 atom stereocenters. The van der Waals surface area contributed by atoms with E-state index in [0.29, 0.717) is 0 Å². The quantitative estimate of drug-likeness (QED) is 0.798. The van der Waals surface area contributed by atoms with Gasteiger partial charge in [0.05, 0.1) is 0 Å². The van der Waals surface area contributed by atoms with Crippen molar-refractivity contribution in [2.24, 2.45) is 5.73 Å². The van der Waals surface area contributed by atoms with Gasteiger partial charge >= 0.3 is 5.97 Å². The van der Waals surface area contributed by atoms with E-state index in [-0.39, 0.29) is 18.0 Å². The molecule has 0 heterocycles. The summed E-state index contributed by atoms with van der Waals surface area (Å²) in [6.07, 6.45) is 0. The van der Waals surface area contributed by atoms with E-state index in [0.717, 1.165) is 18.2 Å². The van der Waals surface area contributed by atoms with Crippen LogP contribution in [0.3, 0.4) is 0 Å². The summed E-state index contributed by atoms with van der Waals surface area (Å²) in [5.41, 5.74) is 5.20. The average molecular weight is 224 g/mol. The molecular weight excluding hydrogens is 216 g/mol. The highest BCUT2D eigenvalue weighted by Gasteiger charge is 2.15. The predicted molar refractivity (Wildman–Crippen MR) is 48.2 cm³/mol. The molecule has 0 radical (unpaired) electrons. The summed E-state index contributed by atoms with van der Waals surface area (Å²) in [5, 5.41) is 8.45. The fourth-order valence-electron chi connectivity index (χ4n) is 0.848. The van der Waals surface area contributed by atoms with Gasteiger partial charge in [-0.25, -0.2) is 8.78 Å². The molecule has 0 aromatic heterocycles. The third kappa shape index (κ3) is 2.65. The molecular formula is C8H8ClF2NO2. The molecule has 1 aromatic carbocycles. The maximum Gasteiger partial charge on any atom is 0.325 e. The molecule has 0 fully saturated rings. The van der Waals surface area contributed by atoms with Crippen molar-refractivity contribution < 1.29 is 18.7 Å². The van der Waals surface area contributed by atoms with Crippen LogP contribution in [0.5, 0.6) is 0 Å². The van der Waals surface area contributed by atoms with Crippen LogP contribution in [0.2, 0.25) is 0 Å². The number of benzene rings is 1. The molecule has 0 saturated carbocycles. The maximum atomic E-state index is 12.6. The molecule has 3 nitrogen and oxygen atoms in total. The first-order valence-corrected chi connectivity index (χ1v) is 3.45. The average Bonchev–Trinajstić information content (AvgIpc) is 2.08. The fraction of sp³-hybridized carbons (Fsp3) is 0.125. The molecule has 3 N–H and O–H groups in total. The molecule has 0 spiro atoms. The molecule has 0 aliphatic carbocycles. The number of hydrogen-bond acceptors (Lipinski definition) is 2. The summed E-state index contributed by atoms with van der Waals surface area (Å²) >= 11 is 0. The van der Waals surface area contributed by atoms with E-state index in [4.69, 9.17) is 10.8 Å². The van der Waals surface area contributed by atoms with Gasteiger partial charge in [0, 0.05) is 0 Å². The van der Waals surface area contributed by atoms with Crippen LogP contribution in [0.4, 0.5) is 8.78 Å². The Bertz CT molecular complexity index is 346. The first kappa shape index (κ1) is 12.8. The third-order valence-corrected chi connectivity index (χ3v) is 1.57. The zero-order valence-corrected chi connectivity index (χ0v) is 7.72. The van der Waals surface area contributed by atoms with E-state index < -0.39 is 23.6 Å². The summed E-state index contributed by atoms with van der Waals surface area (Å²) in [4.78, 5) is 10.4. The summed E-state index contributed by atoms with van der Waals surface area (Å²) in [5.74, 6) is -3.42. The lowest BCUT2D eigenvalue weighted by Gasteiger charge is -2.06. The van der Waals surface area contributed by atoms with Crippen LogP contribution in [0.1, 0.15) is 11.6 Å².